The van der Waals surface area contributed by atoms with Crippen LogP contribution in [0.4, 0.5) is 0 Å². The molecule has 1 saturated heterocycles. The molecule has 1 aliphatic rings. The fourth-order valence-corrected chi connectivity index (χ4v) is 5.93. The molecule has 0 radical (unpaired) electrons. The Morgan fingerprint density at radius 3 is 1.86 bits per heavy atom. The maximum Gasteiger partial charge on any atom is 0.184 e. The van der Waals surface area contributed by atoms with Crippen LogP contribution in [0.3, 0.4) is 0 Å². The van der Waals surface area contributed by atoms with Crippen molar-refractivity contribution in [1.82, 2.24) is 4.90 Å². The second kappa shape index (κ2) is 14.6. The predicted molar refractivity (Wildman–Crippen MR) is 175 cm³/mol. The van der Waals surface area contributed by atoms with Crippen LogP contribution in [0, 0.1) is 0 Å². The SMILES string of the molecule is NCc1cccc(-c2cccc(C3OC(CN(Cc4ccccc4)Cc4ccccc4)CC(c4ccc(CO)cc4)O3)c2)c1. The first-order valence-corrected chi connectivity index (χ1v) is 15.4. The van der Waals surface area contributed by atoms with E-state index in [1.165, 1.54) is 11.1 Å². The lowest BCUT2D eigenvalue weighted by Crippen LogP contribution is -2.39. The van der Waals surface area contributed by atoms with Crippen molar-refractivity contribution >= 4 is 0 Å². The van der Waals surface area contributed by atoms with Crippen LogP contribution in [0.5, 0.6) is 0 Å². The number of aliphatic hydroxyl groups excluding tert-OH is 1. The molecule has 3 unspecified atom stereocenters. The fraction of sp³-hybridized carbons (Fsp3) is 0.231. The van der Waals surface area contributed by atoms with Gasteiger partial charge in [-0.25, -0.2) is 0 Å². The van der Waals surface area contributed by atoms with Crippen molar-refractivity contribution in [2.45, 2.75) is 51.2 Å². The smallest absolute Gasteiger partial charge is 0.184 e. The molecule has 0 spiro atoms. The van der Waals surface area contributed by atoms with E-state index in [1.54, 1.807) is 0 Å². The van der Waals surface area contributed by atoms with E-state index >= 15 is 0 Å². The van der Waals surface area contributed by atoms with E-state index in [9.17, 15) is 5.11 Å². The minimum Gasteiger partial charge on any atom is -0.392 e. The molecule has 0 saturated carbocycles. The first-order valence-electron chi connectivity index (χ1n) is 15.4. The first kappa shape index (κ1) is 29.9. The molecule has 224 valence electrons. The van der Waals surface area contributed by atoms with E-state index < -0.39 is 6.29 Å². The number of nitrogens with zero attached hydrogens (tertiary/aromatic N) is 1. The van der Waals surface area contributed by atoms with E-state index in [4.69, 9.17) is 15.2 Å². The third kappa shape index (κ3) is 7.69. The molecule has 1 fully saturated rings. The van der Waals surface area contributed by atoms with Gasteiger partial charge in [-0.1, -0.05) is 121 Å². The van der Waals surface area contributed by atoms with Crippen LogP contribution >= 0.6 is 0 Å². The van der Waals surface area contributed by atoms with Crippen LogP contribution in [0.2, 0.25) is 0 Å². The number of nitrogens with two attached hydrogens (primary N) is 1. The van der Waals surface area contributed by atoms with Gasteiger partial charge in [-0.15, -0.1) is 0 Å². The topological polar surface area (TPSA) is 68.0 Å². The Hall–Kier alpha value is -4.10. The normalized spacial score (nSPS) is 18.4. The highest BCUT2D eigenvalue weighted by molar-refractivity contribution is 5.65. The average molecular weight is 585 g/mol. The van der Waals surface area contributed by atoms with Gasteiger partial charge in [-0.2, -0.15) is 0 Å². The first-order chi connectivity index (χ1) is 21.7. The van der Waals surface area contributed by atoms with E-state index in [0.717, 1.165) is 59.4 Å². The summed E-state index contributed by atoms with van der Waals surface area (Å²) in [5.41, 5.74) is 14.8. The van der Waals surface area contributed by atoms with Gasteiger partial charge in [0.1, 0.15) is 0 Å². The largest absolute Gasteiger partial charge is 0.392 e. The average Bonchev–Trinajstić information content (AvgIpc) is 3.09. The molecule has 1 aliphatic heterocycles. The molecule has 1 heterocycles. The van der Waals surface area contributed by atoms with Crippen molar-refractivity contribution in [3.63, 3.8) is 0 Å². The zero-order valence-corrected chi connectivity index (χ0v) is 25.0. The summed E-state index contributed by atoms with van der Waals surface area (Å²) < 4.78 is 13.5. The standard InChI is InChI=1S/C39H40N2O3/c40-24-32-13-7-14-34(21-32)35-15-8-16-36(22-35)39-43-37(23-38(44-39)33-19-17-31(28-42)18-20-33)27-41(25-29-9-3-1-4-10-29)26-30-11-5-2-6-12-30/h1-22,37-39,42H,23-28,40H2. The number of hydrogen-bond donors (Lipinski definition) is 2. The molecule has 0 amide bonds. The Morgan fingerprint density at radius 2 is 1.23 bits per heavy atom. The number of hydrogen-bond acceptors (Lipinski definition) is 5. The summed E-state index contributed by atoms with van der Waals surface area (Å²) in [5, 5.41) is 9.60. The highest BCUT2D eigenvalue weighted by Crippen LogP contribution is 2.39. The molecular formula is C39H40N2O3. The van der Waals surface area contributed by atoms with E-state index in [2.05, 4.69) is 120 Å². The van der Waals surface area contributed by atoms with Gasteiger partial charge in [0.2, 0.25) is 0 Å². The highest BCUT2D eigenvalue weighted by atomic mass is 16.7. The molecule has 5 heteroatoms. The minimum absolute atomic E-state index is 0.0201. The second-order valence-corrected chi connectivity index (χ2v) is 11.5. The van der Waals surface area contributed by atoms with Gasteiger partial charge in [0, 0.05) is 38.2 Å². The third-order valence-corrected chi connectivity index (χ3v) is 8.23. The quantitative estimate of drug-likeness (QED) is 0.168. The summed E-state index contributed by atoms with van der Waals surface area (Å²) >= 11 is 0. The van der Waals surface area contributed by atoms with E-state index in [-0.39, 0.29) is 18.8 Å². The molecule has 5 aromatic carbocycles. The molecule has 6 rings (SSSR count). The Morgan fingerprint density at radius 1 is 0.614 bits per heavy atom. The molecule has 0 bridgehead atoms. The number of aliphatic hydroxyl groups is 1. The summed E-state index contributed by atoms with van der Waals surface area (Å²) in [6, 6.07) is 46.1. The van der Waals surface area contributed by atoms with Gasteiger partial charge in [0.15, 0.2) is 6.29 Å². The van der Waals surface area contributed by atoms with Crippen LogP contribution in [0.15, 0.2) is 133 Å². The molecule has 0 aliphatic carbocycles. The van der Waals surface area contributed by atoms with Crippen LogP contribution in [-0.4, -0.2) is 22.7 Å². The molecule has 5 nitrogen and oxygen atoms in total. The Bertz CT molecular complexity index is 1570. The lowest BCUT2D eigenvalue weighted by Gasteiger charge is -2.38. The molecule has 3 atom stereocenters. The Balaban J connectivity index is 1.29. The molecular weight excluding hydrogens is 544 g/mol. The Kier molecular flexibility index (Phi) is 9.93. The number of rotatable bonds is 11. The van der Waals surface area contributed by atoms with Gasteiger partial charge in [-0.3, -0.25) is 4.90 Å². The van der Waals surface area contributed by atoms with Gasteiger partial charge < -0.3 is 20.3 Å². The number of ether oxygens (including phenoxy) is 2. The lowest BCUT2D eigenvalue weighted by molar-refractivity contribution is -0.253. The molecule has 44 heavy (non-hydrogen) atoms. The van der Waals surface area contributed by atoms with Crippen molar-refractivity contribution in [1.29, 1.82) is 0 Å². The molecule has 5 aromatic rings. The van der Waals surface area contributed by atoms with Crippen LogP contribution < -0.4 is 5.73 Å². The maximum absolute atomic E-state index is 9.60. The van der Waals surface area contributed by atoms with Gasteiger partial charge in [-0.05, 0) is 51.1 Å². The predicted octanol–water partition coefficient (Wildman–Crippen LogP) is 7.55. The summed E-state index contributed by atoms with van der Waals surface area (Å²) in [4.78, 5) is 2.47. The number of benzene rings is 5. The van der Waals surface area contributed by atoms with Crippen molar-refractivity contribution < 1.29 is 14.6 Å². The summed E-state index contributed by atoms with van der Waals surface area (Å²) in [5.74, 6) is 0. The van der Waals surface area contributed by atoms with Gasteiger partial charge in [0.25, 0.3) is 0 Å². The zero-order chi connectivity index (χ0) is 30.1. The minimum atomic E-state index is -0.524. The summed E-state index contributed by atoms with van der Waals surface area (Å²) in [7, 11) is 0. The lowest BCUT2D eigenvalue weighted by atomic mass is 9.98. The maximum atomic E-state index is 9.60. The summed E-state index contributed by atoms with van der Waals surface area (Å²) in [6.45, 7) is 2.93. The highest BCUT2D eigenvalue weighted by Gasteiger charge is 2.33. The molecule has 0 aromatic heterocycles. The van der Waals surface area contributed by atoms with Crippen LogP contribution in [0.1, 0.15) is 52.2 Å². The zero-order valence-electron chi connectivity index (χ0n) is 25.0. The third-order valence-electron chi connectivity index (χ3n) is 8.23. The summed E-state index contributed by atoms with van der Waals surface area (Å²) in [6.07, 6.45) is -0.00375. The van der Waals surface area contributed by atoms with Gasteiger partial charge >= 0.3 is 0 Å². The fourth-order valence-electron chi connectivity index (χ4n) is 5.93. The second-order valence-electron chi connectivity index (χ2n) is 11.5. The van der Waals surface area contributed by atoms with Crippen molar-refractivity contribution in [2.75, 3.05) is 6.54 Å². The van der Waals surface area contributed by atoms with Crippen LogP contribution in [-0.2, 0) is 35.7 Å². The van der Waals surface area contributed by atoms with Crippen molar-refractivity contribution in [3.05, 3.63) is 167 Å². The molecule has 3 N–H and O–H groups in total. The van der Waals surface area contributed by atoms with E-state index in [0.29, 0.717) is 6.54 Å². The Labute approximate surface area is 260 Å². The monoisotopic (exact) mass is 584 g/mol. The van der Waals surface area contributed by atoms with E-state index in [1.807, 2.05) is 18.2 Å². The van der Waals surface area contributed by atoms with Crippen molar-refractivity contribution in [3.8, 4) is 11.1 Å². The van der Waals surface area contributed by atoms with Gasteiger partial charge in [0.05, 0.1) is 18.8 Å². The van der Waals surface area contributed by atoms with Crippen molar-refractivity contribution in [2.24, 2.45) is 5.73 Å². The van der Waals surface area contributed by atoms with Crippen LogP contribution in [0.25, 0.3) is 11.1 Å².